The monoisotopic (exact) mass is 356 g/mol. The lowest BCUT2D eigenvalue weighted by molar-refractivity contribution is -0.144. The first-order valence-electron chi connectivity index (χ1n) is 7.46. The summed E-state index contributed by atoms with van der Waals surface area (Å²) in [5.74, 6) is -1.35. The molecule has 2 atom stereocenters. The molecule has 0 heterocycles. The third-order valence-corrected chi connectivity index (χ3v) is 9.19. The average molecular weight is 357 g/mol. The van der Waals surface area contributed by atoms with Crippen LogP contribution in [0.1, 0.15) is 53.9 Å². The fourth-order valence-corrected chi connectivity index (χ4v) is 3.44. The molecule has 126 valence electrons. The Morgan fingerprint density at radius 3 is 2.05 bits per heavy atom. The van der Waals surface area contributed by atoms with Crippen LogP contribution in [0.25, 0.3) is 0 Å². The maximum Gasteiger partial charge on any atom is 0.308 e. The van der Waals surface area contributed by atoms with E-state index in [-0.39, 0.29) is 11.1 Å². The average Bonchev–Trinajstić information content (AvgIpc) is 2.23. The number of hydrogen-bond acceptors (Lipinski definition) is 2. The minimum Gasteiger partial charge on any atom is -0.481 e. The molecule has 0 aliphatic carbocycles. The molecule has 0 bridgehead atoms. The molecule has 0 saturated heterocycles. The minimum atomic E-state index is -2.00. The Kier molecular flexibility index (Phi) is 7.75. The van der Waals surface area contributed by atoms with Gasteiger partial charge in [-0.15, -0.1) is 23.2 Å². The molecule has 3 nitrogen and oxygen atoms in total. The summed E-state index contributed by atoms with van der Waals surface area (Å²) in [5, 5.41) is 9.35. The second kappa shape index (κ2) is 7.67. The van der Waals surface area contributed by atoms with Crippen molar-refractivity contribution in [3.05, 3.63) is 0 Å². The number of carboxylic acids is 1. The van der Waals surface area contributed by atoms with Gasteiger partial charge in [-0.3, -0.25) is 4.79 Å². The van der Waals surface area contributed by atoms with Gasteiger partial charge < -0.3 is 9.53 Å². The van der Waals surface area contributed by atoms with E-state index in [4.69, 9.17) is 27.6 Å². The Labute approximate surface area is 140 Å². The zero-order valence-electron chi connectivity index (χ0n) is 14.3. The normalized spacial score (nSPS) is 16.6. The highest BCUT2D eigenvalue weighted by Gasteiger charge is 2.41. The van der Waals surface area contributed by atoms with Crippen molar-refractivity contribution < 1.29 is 14.3 Å². The van der Waals surface area contributed by atoms with Gasteiger partial charge in [0.1, 0.15) is 4.33 Å². The largest absolute Gasteiger partial charge is 0.481 e. The maximum absolute atomic E-state index is 11.3. The van der Waals surface area contributed by atoms with Crippen molar-refractivity contribution >= 4 is 37.5 Å². The Balaban J connectivity index is 4.88. The summed E-state index contributed by atoms with van der Waals surface area (Å²) in [5.41, 5.74) is 0. The summed E-state index contributed by atoms with van der Waals surface area (Å²) in [4.78, 5) is 11.3. The number of alkyl halides is 2. The van der Waals surface area contributed by atoms with Gasteiger partial charge in [-0.2, -0.15) is 0 Å². The van der Waals surface area contributed by atoms with E-state index in [1.165, 1.54) is 0 Å². The highest BCUT2D eigenvalue weighted by molar-refractivity contribution is 6.74. The van der Waals surface area contributed by atoms with Gasteiger partial charge in [0.15, 0.2) is 8.32 Å². The lowest BCUT2D eigenvalue weighted by atomic mass is 9.99. The third kappa shape index (κ3) is 7.87. The fourth-order valence-electron chi connectivity index (χ4n) is 1.74. The Morgan fingerprint density at radius 2 is 1.71 bits per heavy atom. The number of rotatable bonds is 8. The lowest BCUT2D eigenvalue weighted by Crippen LogP contribution is -2.46. The van der Waals surface area contributed by atoms with Crippen molar-refractivity contribution in [2.75, 3.05) is 0 Å². The fraction of sp³-hybridized carbons (Fsp3) is 0.933. The van der Waals surface area contributed by atoms with Gasteiger partial charge in [0, 0.05) is 0 Å². The van der Waals surface area contributed by atoms with Crippen molar-refractivity contribution in [2.45, 2.75) is 82.5 Å². The molecule has 0 aromatic carbocycles. The minimum absolute atomic E-state index is 0.0525. The van der Waals surface area contributed by atoms with Crippen molar-refractivity contribution in [1.29, 1.82) is 0 Å². The quantitative estimate of drug-likeness (QED) is 0.463. The predicted octanol–water partition coefficient (Wildman–Crippen LogP) is 5.46. The van der Waals surface area contributed by atoms with Gasteiger partial charge in [-0.05, 0) is 51.2 Å². The van der Waals surface area contributed by atoms with Crippen molar-refractivity contribution in [1.82, 2.24) is 0 Å². The van der Waals surface area contributed by atoms with Gasteiger partial charge in [-0.1, -0.05) is 20.8 Å². The first-order chi connectivity index (χ1) is 9.17. The molecule has 0 aliphatic rings. The van der Waals surface area contributed by atoms with Crippen LogP contribution in [0.2, 0.25) is 18.1 Å². The third-order valence-electron chi connectivity index (χ3n) is 4.30. The number of halogens is 2. The first-order valence-corrected chi connectivity index (χ1v) is 11.1. The van der Waals surface area contributed by atoms with Crippen molar-refractivity contribution in [3.63, 3.8) is 0 Å². The van der Waals surface area contributed by atoms with Crippen LogP contribution in [-0.4, -0.2) is 29.8 Å². The summed E-state index contributed by atoms with van der Waals surface area (Å²) in [6.45, 7) is 14.2. The number of carboxylic acid groups (broad SMARTS) is 1. The number of hydrogen-bond donors (Lipinski definition) is 1. The van der Waals surface area contributed by atoms with Gasteiger partial charge in [-0.25, -0.2) is 0 Å². The molecule has 0 aromatic rings. The van der Waals surface area contributed by atoms with E-state index in [0.29, 0.717) is 12.8 Å². The molecule has 0 rings (SSSR count). The molecular weight excluding hydrogens is 327 g/mol. The summed E-state index contributed by atoms with van der Waals surface area (Å²) < 4.78 is 5.54. The molecule has 1 N–H and O–H groups in total. The van der Waals surface area contributed by atoms with Gasteiger partial charge in [0.05, 0.1) is 12.0 Å². The van der Waals surface area contributed by atoms with Crippen LogP contribution in [0.4, 0.5) is 0 Å². The van der Waals surface area contributed by atoms with E-state index >= 15 is 0 Å². The number of carbonyl (C=O) groups is 1. The predicted molar refractivity (Wildman–Crippen MR) is 92.8 cm³/mol. The molecule has 0 spiro atoms. The van der Waals surface area contributed by atoms with Gasteiger partial charge >= 0.3 is 5.97 Å². The molecule has 0 amide bonds. The topological polar surface area (TPSA) is 46.5 Å². The highest BCUT2D eigenvalue weighted by Crippen LogP contribution is 2.39. The zero-order chi connectivity index (χ0) is 17.1. The molecule has 0 aliphatic heterocycles. The molecule has 6 heteroatoms. The van der Waals surface area contributed by atoms with E-state index in [0.717, 1.165) is 6.42 Å². The summed E-state index contributed by atoms with van der Waals surface area (Å²) in [6.07, 6.45) is 1.74. The molecule has 21 heavy (non-hydrogen) atoms. The van der Waals surface area contributed by atoms with E-state index < -0.39 is 24.5 Å². The highest BCUT2D eigenvalue weighted by atomic mass is 35.5. The van der Waals surface area contributed by atoms with E-state index in [9.17, 15) is 9.90 Å². The zero-order valence-corrected chi connectivity index (χ0v) is 16.8. The second-order valence-electron chi connectivity index (χ2n) is 7.51. The van der Waals surface area contributed by atoms with Crippen LogP contribution < -0.4 is 0 Å². The smallest absolute Gasteiger partial charge is 0.308 e. The molecule has 0 unspecified atom stereocenters. The first kappa shape index (κ1) is 21.2. The van der Waals surface area contributed by atoms with Crippen LogP contribution >= 0.6 is 23.2 Å². The van der Waals surface area contributed by atoms with Crippen LogP contribution in [0.3, 0.4) is 0 Å². The summed E-state index contributed by atoms with van der Waals surface area (Å²) >= 11 is 12.0. The Bertz CT molecular complexity index is 346. The molecule has 0 fully saturated rings. The SMILES string of the molecule is C[C@H](C(=O)O)[C@H](CCCC(C)(Cl)Cl)O[Si](C)(C)C(C)(C)C. The van der Waals surface area contributed by atoms with Gasteiger partial charge in [0.25, 0.3) is 0 Å². The second-order valence-corrected chi connectivity index (χ2v) is 14.1. The maximum atomic E-state index is 11.3. The van der Waals surface area contributed by atoms with Gasteiger partial charge in [0.2, 0.25) is 0 Å². The van der Waals surface area contributed by atoms with Crippen LogP contribution in [-0.2, 0) is 9.22 Å². The van der Waals surface area contributed by atoms with Crippen LogP contribution in [0, 0.1) is 5.92 Å². The molecule has 0 radical (unpaired) electrons. The van der Waals surface area contributed by atoms with E-state index in [1.54, 1.807) is 13.8 Å². The Morgan fingerprint density at radius 1 is 1.24 bits per heavy atom. The lowest BCUT2D eigenvalue weighted by Gasteiger charge is -2.40. The van der Waals surface area contributed by atoms with E-state index in [2.05, 4.69) is 33.9 Å². The Hall–Kier alpha value is 0.227. The molecule has 0 saturated carbocycles. The van der Waals surface area contributed by atoms with Crippen molar-refractivity contribution in [3.8, 4) is 0 Å². The number of aliphatic carboxylic acids is 1. The summed E-state index contributed by atoms with van der Waals surface area (Å²) in [6, 6.07) is 0. The standard InChI is InChI=1S/C15H30Cl2O3Si/c1-11(13(18)19)12(9-8-10-15(5,16)17)20-21(6,7)14(2,3)4/h11-12H,8-10H2,1-7H3,(H,18,19)/t11-,12-/m0/s1. The molecular formula is C15H30Cl2O3Si. The van der Waals surface area contributed by atoms with Crippen LogP contribution in [0.5, 0.6) is 0 Å². The molecule has 0 aromatic heterocycles. The van der Waals surface area contributed by atoms with E-state index in [1.807, 2.05) is 0 Å². The van der Waals surface area contributed by atoms with Crippen LogP contribution in [0.15, 0.2) is 0 Å². The summed E-state index contributed by atoms with van der Waals surface area (Å²) in [7, 11) is -2.00. The van der Waals surface area contributed by atoms with Crippen molar-refractivity contribution in [2.24, 2.45) is 5.92 Å².